The van der Waals surface area contributed by atoms with Crippen molar-refractivity contribution in [2.24, 2.45) is 0 Å². The van der Waals surface area contributed by atoms with Gasteiger partial charge >= 0.3 is 0 Å². The van der Waals surface area contributed by atoms with E-state index in [0.29, 0.717) is 17.5 Å². The first-order valence-corrected chi connectivity index (χ1v) is 24.1. The van der Waals surface area contributed by atoms with Crippen LogP contribution in [0.25, 0.3) is 100 Å². The molecule has 0 saturated carbocycles. The molecule has 0 aliphatic rings. The third-order valence-electron chi connectivity index (χ3n) is 11.5. The molecule has 0 fully saturated rings. The first-order valence-electron chi connectivity index (χ1n) is 20.6. The van der Waals surface area contributed by atoms with Crippen LogP contribution in [0.5, 0.6) is 0 Å². The van der Waals surface area contributed by atoms with Gasteiger partial charge in [0, 0.05) is 16.7 Å². The van der Waals surface area contributed by atoms with Crippen molar-refractivity contribution in [2.75, 3.05) is 0 Å². The Hall–Kier alpha value is -7.27. The maximum Gasteiger partial charge on any atom is 0.165 e. The molecule has 1 heterocycles. The van der Waals surface area contributed by atoms with Gasteiger partial charge in [0.05, 0.1) is 8.07 Å². The van der Waals surface area contributed by atoms with Crippen molar-refractivity contribution < 1.29 is 0 Å². The normalized spacial score (nSPS) is 11.6. The van der Waals surface area contributed by atoms with E-state index in [1.54, 1.807) is 0 Å². The van der Waals surface area contributed by atoms with Crippen molar-refractivity contribution in [3.63, 3.8) is 0 Å². The van der Waals surface area contributed by atoms with Gasteiger partial charge in [0.1, 0.15) is 0 Å². The number of hydrogen-bond donors (Lipinski definition) is 0. The third kappa shape index (κ3) is 7.01. The number of fused-ring (bicyclic) bond motifs is 2. The van der Waals surface area contributed by atoms with Crippen LogP contribution in [0.15, 0.2) is 206 Å². The van der Waals surface area contributed by atoms with Gasteiger partial charge in [-0.3, -0.25) is 0 Å². The van der Waals surface area contributed by atoms with Crippen LogP contribution in [0.1, 0.15) is 0 Å². The SMILES string of the molecule is C[Si](C)(C)c1ccccc1-c1cccc(-c2cccc(-c3ccc(-c4nc(-c5ccccc5)nc(-c5c6ccccc6c(-c6ccccc6)c6ccccc56)n4)cc3)c2)c1. The molecule has 10 aromatic rings. The van der Waals surface area contributed by atoms with Crippen molar-refractivity contribution in [1.29, 1.82) is 0 Å². The molecule has 0 spiro atoms. The summed E-state index contributed by atoms with van der Waals surface area (Å²) in [5.41, 5.74) is 12.6. The molecule has 0 unspecified atom stereocenters. The van der Waals surface area contributed by atoms with E-state index in [2.05, 4.69) is 208 Å². The molecule has 10 rings (SSSR count). The lowest BCUT2D eigenvalue weighted by Gasteiger charge is -2.21. The Morgan fingerprint density at radius 2 is 0.667 bits per heavy atom. The molecule has 4 heteroatoms. The van der Waals surface area contributed by atoms with Gasteiger partial charge in [-0.25, -0.2) is 15.0 Å². The predicted octanol–water partition coefficient (Wildman–Crippen LogP) is 14.4. The van der Waals surface area contributed by atoms with Crippen molar-refractivity contribution >= 4 is 34.8 Å². The van der Waals surface area contributed by atoms with Crippen LogP contribution >= 0.6 is 0 Å². The summed E-state index contributed by atoms with van der Waals surface area (Å²) in [6.45, 7) is 7.25. The monoisotopic (exact) mass is 785 g/mol. The average molecular weight is 786 g/mol. The standard InChI is InChI=1S/C56H43N3Si/c1-60(2,3)51-31-15-14-26-46(51)45-25-17-24-44(37-45)43-23-16-22-42(36-43)38-32-34-41(35-33-38)55-57-54(40-20-8-5-9-21-40)58-56(59-55)53-49-29-12-10-27-47(49)52(39-18-6-4-7-19-39)48-28-11-13-30-50(48)53/h4-37H,1-3H3. The Morgan fingerprint density at radius 1 is 0.283 bits per heavy atom. The van der Waals surface area contributed by atoms with E-state index < -0.39 is 8.07 Å². The molecule has 0 saturated heterocycles. The fraction of sp³-hybridized carbons (Fsp3) is 0.0536. The maximum atomic E-state index is 5.29. The average Bonchev–Trinajstić information content (AvgIpc) is 3.31. The van der Waals surface area contributed by atoms with Gasteiger partial charge in [-0.2, -0.15) is 0 Å². The van der Waals surface area contributed by atoms with Gasteiger partial charge in [0.25, 0.3) is 0 Å². The molecule has 0 radical (unpaired) electrons. The Morgan fingerprint density at radius 3 is 1.23 bits per heavy atom. The zero-order valence-electron chi connectivity index (χ0n) is 34.0. The molecule has 0 amide bonds. The zero-order valence-corrected chi connectivity index (χ0v) is 35.0. The first kappa shape index (κ1) is 37.0. The van der Waals surface area contributed by atoms with Crippen molar-refractivity contribution in [3.8, 4) is 78.7 Å². The van der Waals surface area contributed by atoms with Gasteiger partial charge < -0.3 is 0 Å². The fourth-order valence-corrected chi connectivity index (χ4v) is 10.2. The minimum atomic E-state index is -1.53. The molecule has 0 aliphatic heterocycles. The van der Waals surface area contributed by atoms with E-state index in [-0.39, 0.29) is 0 Å². The fourth-order valence-electron chi connectivity index (χ4n) is 8.56. The summed E-state index contributed by atoms with van der Waals surface area (Å²) in [6, 6.07) is 73.5. The molecule has 0 N–H and O–H groups in total. The molecule has 0 aliphatic carbocycles. The minimum absolute atomic E-state index is 0.634. The van der Waals surface area contributed by atoms with E-state index >= 15 is 0 Å². The number of benzene rings is 9. The summed E-state index contributed by atoms with van der Waals surface area (Å²) in [5.74, 6) is 1.93. The van der Waals surface area contributed by atoms with Crippen LogP contribution in [0.2, 0.25) is 19.6 Å². The topological polar surface area (TPSA) is 38.7 Å². The molecule has 60 heavy (non-hydrogen) atoms. The Labute approximate surface area is 352 Å². The van der Waals surface area contributed by atoms with E-state index in [4.69, 9.17) is 15.0 Å². The number of aromatic nitrogens is 3. The van der Waals surface area contributed by atoms with Crippen molar-refractivity contribution in [3.05, 3.63) is 206 Å². The summed E-state index contributed by atoms with van der Waals surface area (Å²) in [6.07, 6.45) is 0. The van der Waals surface area contributed by atoms with E-state index in [9.17, 15) is 0 Å². The highest BCUT2D eigenvalue weighted by Crippen LogP contribution is 2.43. The molecule has 1 aromatic heterocycles. The number of hydrogen-bond acceptors (Lipinski definition) is 3. The number of rotatable bonds is 8. The van der Waals surface area contributed by atoms with Gasteiger partial charge in [-0.15, -0.1) is 0 Å². The van der Waals surface area contributed by atoms with Crippen LogP contribution in [0.4, 0.5) is 0 Å². The molecule has 0 atom stereocenters. The lowest BCUT2D eigenvalue weighted by molar-refractivity contribution is 1.08. The maximum absolute atomic E-state index is 5.29. The smallest absolute Gasteiger partial charge is 0.165 e. The molecule has 286 valence electrons. The lowest BCUT2D eigenvalue weighted by atomic mass is 9.88. The lowest BCUT2D eigenvalue weighted by Crippen LogP contribution is -2.38. The van der Waals surface area contributed by atoms with E-state index in [0.717, 1.165) is 49.4 Å². The van der Waals surface area contributed by atoms with Crippen molar-refractivity contribution in [2.45, 2.75) is 19.6 Å². The second-order valence-corrected chi connectivity index (χ2v) is 21.5. The van der Waals surface area contributed by atoms with E-state index in [1.165, 1.54) is 38.6 Å². The van der Waals surface area contributed by atoms with Crippen LogP contribution in [-0.2, 0) is 0 Å². The minimum Gasteiger partial charge on any atom is -0.208 e. The van der Waals surface area contributed by atoms with Gasteiger partial charge in [0.15, 0.2) is 17.5 Å². The summed E-state index contributed by atoms with van der Waals surface area (Å²) >= 11 is 0. The molecular weight excluding hydrogens is 743 g/mol. The Kier molecular flexibility index (Phi) is 9.55. The van der Waals surface area contributed by atoms with Gasteiger partial charge in [-0.05, 0) is 78.2 Å². The van der Waals surface area contributed by atoms with Crippen LogP contribution in [-0.4, -0.2) is 23.0 Å². The van der Waals surface area contributed by atoms with Crippen LogP contribution < -0.4 is 5.19 Å². The van der Waals surface area contributed by atoms with Crippen LogP contribution in [0, 0.1) is 0 Å². The second-order valence-electron chi connectivity index (χ2n) is 16.4. The summed E-state index contributed by atoms with van der Waals surface area (Å²) in [4.78, 5) is 15.6. The van der Waals surface area contributed by atoms with Crippen LogP contribution in [0.3, 0.4) is 0 Å². The number of nitrogens with zero attached hydrogens (tertiary/aromatic N) is 3. The molecule has 0 bridgehead atoms. The summed E-state index contributed by atoms with van der Waals surface area (Å²) < 4.78 is 0. The highest BCUT2D eigenvalue weighted by Gasteiger charge is 2.22. The Bertz CT molecular complexity index is 3110. The summed E-state index contributed by atoms with van der Waals surface area (Å²) in [5, 5.41) is 6.02. The van der Waals surface area contributed by atoms with E-state index in [1.807, 2.05) is 18.2 Å². The third-order valence-corrected chi connectivity index (χ3v) is 13.5. The first-order chi connectivity index (χ1) is 29.4. The van der Waals surface area contributed by atoms with Gasteiger partial charge in [0.2, 0.25) is 0 Å². The highest BCUT2D eigenvalue weighted by atomic mass is 28.3. The molecule has 9 aromatic carbocycles. The Balaban J connectivity index is 1.06. The summed E-state index contributed by atoms with van der Waals surface area (Å²) in [7, 11) is -1.53. The highest BCUT2D eigenvalue weighted by molar-refractivity contribution is 6.89. The second kappa shape index (κ2) is 15.5. The molecule has 3 nitrogen and oxygen atoms in total. The zero-order chi connectivity index (χ0) is 40.6. The predicted molar refractivity (Wildman–Crippen MR) is 256 cm³/mol. The van der Waals surface area contributed by atoms with Crippen molar-refractivity contribution in [1.82, 2.24) is 15.0 Å². The molecular formula is C56H43N3Si. The largest absolute Gasteiger partial charge is 0.208 e. The van der Waals surface area contributed by atoms with Gasteiger partial charge in [-0.1, -0.05) is 219 Å². The quantitative estimate of drug-likeness (QED) is 0.114.